The van der Waals surface area contributed by atoms with Crippen molar-refractivity contribution in [3.8, 4) is 0 Å². The highest BCUT2D eigenvalue weighted by Gasteiger charge is 2.17. The molecule has 0 radical (unpaired) electrons. The monoisotopic (exact) mass is 286 g/mol. The van der Waals surface area contributed by atoms with E-state index < -0.39 is 0 Å². The largest absolute Gasteiger partial charge is 0.288 e. The molecule has 3 heteroatoms. The Labute approximate surface area is 120 Å². The van der Waals surface area contributed by atoms with Gasteiger partial charge in [-0.15, -0.1) is 11.3 Å². The van der Waals surface area contributed by atoms with Gasteiger partial charge in [-0.3, -0.25) is 4.79 Å². The van der Waals surface area contributed by atoms with Gasteiger partial charge in [0.25, 0.3) is 0 Å². The van der Waals surface area contributed by atoms with E-state index in [2.05, 4.69) is 6.92 Å². The van der Waals surface area contributed by atoms with Crippen LogP contribution in [0.3, 0.4) is 0 Å². The number of halogens is 1. The van der Waals surface area contributed by atoms with Gasteiger partial charge in [0, 0.05) is 5.56 Å². The normalized spacial score (nSPS) is 10.8. The van der Waals surface area contributed by atoms with Gasteiger partial charge in [-0.2, -0.15) is 0 Å². The van der Waals surface area contributed by atoms with E-state index in [0.29, 0.717) is 15.5 Å². The third kappa shape index (κ3) is 2.07. The quantitative estimate of drug-likeness (QED) is 0.599. The van der Waals surface area contributed by atoms with Crippen LogP contribution < -0.4 is 0 Å². The second kappa shape index (κ2) is 4.80. The summed E-state index contributed by atoms with van der Waals surface area (Å²) in [5.41, 5.74) is 1.88. The lowest BCUT2D eigenvalue weighted by Gasteiger charge is -2.07. The van der Waals surface area contributed by atoms with Crippen LogP contribution in [0.25, 0.3) is 10.8 Å². The standard InChI is InChI=1S/C16H11ClOS/c1-10-6-7-13(12-5-3-2-4-11(10)12)15(18)16-14(17)8-9-19-16/h2-9H,1H3. The van der Waals surface area contributed by atoms with Crippen molar-refractivity contribution in [3.63, 3.8) is 0 Å². The third-order valence-corrected chi connectivity index (χ3v) is 4.55. The number of carbonyl (C=O) groups excluding carboxylic acids is 1. The van der Waals surface area contributed by atoms with Gasteiger partial charge in [0.2, 0.25) is 5.78 Å². The zero-order valence-corrected chi connectivity index (χ0v) is 11.9. The van der Waals surface area contributed by atoms with Crippen LogP contribution in [0.2, 0.25) is 5.02 Å². The molecule has 0 saturated carbocycles. The molecule has 0 amide bonds. The van der Waals surface area contributed by atoms with Crippen LogP contribution in [0.5, 0.6) is 0 Å². The fraction of sp³-hybridized carbons (Fsp3) is 0.0625. The molecule has 1 nitrogen and oxygen atoms in total. The molecule has 94 valence electrons. The molecule has 0 N–H and O–H groups in total. The number of benzene rings is 2. The molecule has 2 aromatic carbocycles. The Kier molecular flexibility index (Phi) is 3.13. The minimum atomic E-state index is -0.00352. The van der Waals surface area contributed by atoms with Crippen molar-refractivity contribution in [2.75, 3.05) is 0 Å². The summed E-state index contributed by atoms with van der Waals surface area (Å²) in [6.45, 7) is 2.05. The Morgan fingerprint density at radius 1 is 1.05 bits per heavy atom. The van der Waals surface area contributed by atoms with Crippen LogP contribution >= 0.6 is 22.9 Å². The molecule has 3 aromatic rings. The number of thiophene rings is 1. The summed E-state index contributed by atoms with van der Waals surface area (Å²) in [5, 5.41) is 4.46. The minimum absolute atomic E-state index is 0.00352. The van der Waals surface area contributed by atoms with Crippen LogP contribution in [-0.2, 0) is 0 Å². The highest BCUT2D eigenvalue weighted by atomic mass is 35.5. The Hall–Kier alpha value is -1.64. The van der Waals surface area contributed by atoms with Crippen LogP contribution in [0.1, 0.15) is 20.8 Å². The van der Waals surface area contributed by atoms with Gasteiger partial charge < -0.3 is 0 Å². The van der Waals surface area contributed by atoms with Gasteiger partial charge in [-0.25, -0.2) is 0 Å². The molecular formula is C16H11ClOS. The van der Waals surface area contributed by atoms with Crippen molar-refractivity contribution in [2.24, 2.45) is 0 Å². The number of hydrogen-bond acceptors (Lipinski definition) is 2. The zero-order valence-electron chi connectivity index (χ0n) is 10.3. The highest BCUT2D eigenvalue weighted by molar-refractivity contribution is 7.13. The van der Waals surface area contributed by atoms with E-state index in [-0.39, 0.29) is 5.78 Å². The summed E-state index contributed by atoms with van der Waals surface area (Å²) < 4.78 is 0. The van der Waals surface area contributed by atoms with Crippen molar-refractivity contribution in [1.29, 1.82) is 0 Å². The van der Waals surface area contributed by atoms with E-state index in [9.17, 15) is 4.79 Å². The molecule has 0 aliphatic rings. The Balaban J connectivity index is 2.24. The molecule has 0 spiro atoms. The molecule has 0 fully saturated rings. The number of hydrogen-bond donors (Lipinski definition) is 0. The second-order valence-corrected chi connectivity index (χ2v) is 5.73. The Morgan fingerprint density at radius 3 is 2.47 bits per heavy atom. The maximum absolute atomic E-state index is 12.6. The van der Waals surface area contributed by atoms with E-state index >= 15 is 0 Å². The molecule has 0 atom stereocenters. The van der Waals surface area contributed by atoms with Crippen LogP contribution in [0.15, 0.2) is 47.8 Å². The van der Waals surface area contributed by atoms with Crippen molar-refractivity contribution < 1.29 is 4.79 Å². The second-order valence-electron chi connectivity index (χ2n) is 4.40. The summed E-state index contributed by atoms with van der Waals surface area (Å²) in [7, 11) is 0. The number of ketones is 1. The maximum atomic E-state index is 12.6. The fourth-order valence-electron chi connectivity index (χ4n) is 2.23. The summed E-state index contributed by atoms with van der Waals surface area (Å²) in [6.07, 6.45) is 0. The van der Waals surface area contributed by atoms with Gasteiger partial charge in [0.1, 0.15) is 0 Å². The van der Waals surface area contributed by atoms with Crippen LogP contribution in [-0.4, -0.2) is 5.78 Å². The Bertz CT molecular complexity index is 773. The molecule has 19 heavy (non-hydrogen) atoms. The van der Waals surface area contributed by atoms with E-state index in [1.54, 1.807) is 6.07 Å². The van der Waals surface area contributed by atoms with Crippen molar-refractivity contribution >= 4 is 39.5 Å². The predicted octanol–water partition coefficient (Wildman–Crippen LogP) is 5.09. The lowest BCUT2D eigenvalue weighted by Crippen LogP contribution is -2.01. The van der Waals surface area contributed by atoms with Crippen molar-refractivity contribution in [2.45, 2.75) is 6.92 Å². The third-order valence-electron chi connectivity index (χ3n) is 3.21. The molecule has 1 heterocycles. The minimum Gasteiger partial charge on any atom is -0.288 e. The zero-order chi connectivity index (χ0) is 13.4. The van der Waals surface area contributed by atoms with Gasteiger partial charge in [-0.05, 0) is 34.7 Å². The average Bonchev–Trinajstić information content (AvgIpc) is 2.85. The first-order valence-electron chi connectivity index (χ1n) is 5.94. The molecule has 0 aliphatic heterocycles. The molecule has 0 bridgehead atoms. The number of aryl methyl sites for hydroxylation is 1. The highest BCUT2D eigenvalue weighted by Crippen LogP contribution is 2.29. The maximum Gasteiger partial charge on any atom is 0.205 e. The van der Waals surface area contributed by atoms with E-state index in [4.69, 9.17) is 11.6 Å². The average molecular weight is 287 g/mol. The summed E-state index contributed by atoms with van der Waals surface area (Å²) in [4.78, 5) is 13.2. The summed E-state index contributed by atoms with van der Waals surface area (Å²) in [6, 6.07) is 13.6. The molecule has 0 saturated heterocycles. The molecule has 3 rings (SSSR count). The topological polar surface area (TPSA) is 17.1 Å². The van der Waals surface area contributed by atoms with Gasteiger partial charge in [0.05, 0.1) is 9.90 Å². The first-order valence-corrected chi connectivity index (χ1v) is 7.20. The van der Waals surface area contributed by atoms with Gasteiger partial charge >= 0.3 is 0 Å². The van der Waals surface area contributed by atoms with Crippen LogP contribution in [0.4, 0.5) is 0 Å². The first-order chi connectivity index (χ1) is 9.18. The number of rotatable bonds is 2. The van der Waals surface area contributed by atoms with Gasteiger partial charge in [0.15, 0.2) is 0 Å². The van der Waals surface area contributed by atoms with Gasteiger partial charge in [-0.1, -0.05) is 48.0 Å². The Morgan fingerprint density at radius 2 is 1.79 bits per heavy atom. The predicted molar refractivity (Wildman–Crippen MR) is 81.4 cm³/mol. The van der Waals surface area contributed by atoms with E-state index in [0.717, 1.165) is 10.8 Å². The molecule has 1 aromatic heterocycles. The van der Waals surface area contributed by atoms with E-state index in [1.807, 2.05) is 41.8 Å². The van der Waals surface area contributed by atoms with Crippen molar-refractivity contribution in [1.82, 2.24) is 0 Å². The lowest BCUT2D eigenvalue weighted by atomic mass is 9.97. The molecular weight excluding hydrogens is 276 g/mol. The summed E-state index contributed by atoms with van der Waals surface area (Å²) in [5.74, 6) is -0.00352. The van der Waals surface area contributed by atoms with Crippen molar-refractivity contribution in [3.05, 3.63) is 68.9 Å². The molecule has 0 aliphatic carbocycles. The smallest absolute Gasteiger partial charge is 0.205 e. The van der Waals surface area contributed by atoms with Crippen LogP contribution in [0, 0.1) is 6.92 Å². The SMILES string of the molecule is Cc1ccc(C(=O)c2sccc2Cl)c2ccccc12. The van der Waals surface area contributed by atoms with E-state index in [1.165, 1.54) is 16.9 Å². The lowest BCUT2D eigenvalue weighted by molar-refractivity contribution is 0.104. The number of fused-ring (bicyclic) bond motifs is 1. The number of carbonyl (C=O) groups is 1. The summed E-state index contributed by atoms with van der Waals surface area (Å²) >= 11 is 7.44. The first kappa shape index (κ1) is 12.4. The molecule has 0 unspecified atom stereocenters. The fourth-order valence-corrected chi connectivity index (χ4v) is 3.32.